The van der Waals surface area contributed by atoms with Gasteiger partial charge in [-0.1, -0.05) is 37.5 Å². The fraction of sp³-hybridized carbons (Fsp3) is 0.647. The number of ether oxygens (including phenoxy) is 2. The van der Waals surface area contributed by atoms with Crippen LogP contribution in [-0.4, -0.2) is 12.7 Å². The lowest BCUT2D eigenvalue weighted by molar-refractivity contribution is -0.0603. The Hall–Kier alpha value is -1.18. The molecule has 0 aliphatic carbocycles. The van der Waals surface area contributed by atoms with Gasteiger partial charge >= 0.3 is 0 Å². The minimum Gasteiger partial charge on any atom is -0.466 e. The van der Waals surface area contributed by atoms with Crippen LogP contribution in [0.25, 0.3) is 0 Å². The zero-order valence-electron chi connectivity index (χ0n) is 12.5. The van der Waals surface area contributed by atoms with Gasteiger partial charge in [0.25, 0.3) is 5.95 Å². The molecule has 0 aromatic rings. The maximum Gasteiger partial charge on any atom is 0.271 e. The number of rotatable bonds is 8. The third-order valence-electron chi connectivity index (χ3n) is 3.37. The van der Waals surface area contributed by atoms with Gasteiger partial charge in [-0.25, -0.2) is 0 Å². The van der Waals surface area contributed by atoms with Crippen LogP contribution in [0.5, 0.6) is 0 Å². The van der Waals surface area contributed by atoms with Crippen molar-refractivity contribution in [3.8, 4) is 0 Å². The van der Waals surface area contributed by atoms with Gasteiger partial charge in [-0.2, -0.15) is 0 Å². The van der Waals surface area contributed by atoms with Crippen LogP contribution in [0.2, 0.25) is 0 Å². The van der Waals surface area contributed by atoms with E-state index in [0.717, 1.165) is 38.2 Å². The molecule has 19 heavy (non-hydrogen) atoms. The summed E-state index contributed by atoms with van der Waals surface area (Å²) in [6.45, 7) is 12.8. The van der Waals surface area contributed by atoms with Gasteiger partial charge in [0.05, 0.1) is 6.61 Å². The van der Waals surface area contributed by atoms with Crippen molar-refractivity contribution in [3.05, 3.63) is 36.8 Å². The predicted molar refractivity (Wildman–Crippen MR) is 80.8 cm³/mol. The molecular formula is C17H28O2. The Balaban J connectivity index is 2.26. The second kappa shape index (κ2) is 8.84. The fourth-order valence-corrected chi connectivity index (χ4v) is 2.49. The molecule has 2 heteroatoms. The summed E-state index contributed by atoms with van der Waals surface area (Å²) in [4.78, 5) is 0. The fourth-order valence-electron chi connectivity index (χ4n) is 2.49. The first-order valence-electron chi connectivity index (χ1n) is 7.39. The Morgan fingerprint density at radius 2 is 2.26 bits per heavy atom. The van der Waals surface area contributed by atoms with Gasteiger partial charge in [-0.15, -0.1) is 6.58 Å². The van der Waals surface area contributed by atoms with Gasteiger partial charge in [-0.05, 0) is 32.3 Å². The lowest BCUT2D eigenvalue weighted by atomic mass is 9.93. The molecule has 0 aromatic heterocycles. The van der Waals surface area contributed by atoms with Crippen molar-refractivity contribution in [1.29, 1.82) is 0 Å². The van der Waals surface area contributed by atoms with Crippen LogP contribution in [0.3, 0.4) is 0 Å². The second-order valence-corrected chi connectivity index (χ2v) is 5.51. The van der Waals surface area contributed by atoms with E-state index in [9.17, 15) is 0 Å². The average molecular weight is 264 g/mol. The summed E-state index contributed by atoms with van der Waals surface area (Å²) in [5, 5.41) is 0. The molecule has 0 saturated carbocycles. The Morgan fingerprint density at radius 1 is 1.47 bits per heavy atom. The van der Waals surface area contributed by atoms with Crippen LogP contribution in [0.1, 0.15) is 52.4 Å². The molecule has 108 valence electrons. The van der Waals surface area contributed by atoms with Crippen molar-refractivity contribution in [3.63, 3.8) is 0 Å². The van der Waals surface area contributed by atoms with Crippen molar-refractivity contribution >= 4 is 0 Å². The minimum atomic E-state index is 0.239. The first kappa shape index (κ1) is 15.9. The van der Waals surface area contributed by atoms with Crippen LogP contribution < -0.4 is 0 Å². The van der Waals surface area contributed by atoms with Gasteiger partial charge in [0.15, 0.2) is 0 Å². The van der Waals surface area contributed by atoms with Crippen LogP contribution in [0, 0.1) is 5.92 Å². The molecule has 0 radical (unpaired) electrons. The quantitative estimate of drug-likeness (QED) is 0.575. The summed E-state index contributed by atoms with van der Waals surface area (Å²) >= 11 is 0. The highest BCUT2D eigenvalue weighted by molar-refractivity contribution is 4.94. The zero-order valence-corrected chi connectivity index (χ0v) is 12.5. The second-order valence-electron chi connectivity index (χ2n) is 5.51. The first-order chi connectivity index (χ1) is 9.11. The Labute approximate surface area is 118 Å². The highest BCUT2D eigenvalue weighted by Gasteiger charge is 2.15. The molecular weight excluding hydrogens is 236 g/mol. The summed E-state index contributed by atoms with van der Waals surface area (Å²) < 4.78 is 10.7. The van der Waals surface area contributed by atoms with E-state index < -0.39 is 0 Å². The van der Waals surface area contributed by atoms with Crippen molar-refractivity contribution in [1.82, 2.24) is 0 Å². The van der Waals surface area contributed by atoms with Gasteiger partial charge in [0, 0.05) is 12.8 Å². The van der Waals surface area contributed by atoms with E-state index in [1.807, 2.05) is 0 Å². The van der Waals surface area contributed by atoms with Gasteiger partial charge in [0.2, 0.25) is 0 Å². The summed E-state index contributed by atoms with van der Waals surface area (Å²) in [5.41, 5.74) is 1.29. The van der Waals surface area contributed by atoms with E-state index in [-0.39, 0.29) is 6.10 Å². The molecule has 0 bridgehead atoms. The highest BCUT2D eigenvalue weighted by atomic mass is 16.7. The monoisotopic (exact) mass is 264 g/mol. The van der Waals surface area contributed by atoms with Crippen LogP contribution in [0.15, 0.2) is 36.8 Å². The molecule has 1 rings (SSSR count). The lowest BCUT2D eigenvalue weighted by Crippen LogP contribution is -2.21. The summed E-state index contributed by atoms with van der Waals surface area (Å²) in [7, 11) is 0. The van der Waals surface area contributed by atoms with Crippen LogP contribution in [-0.2, 0) is 9.47 Å². The summed E-state index contributed by atoms with van der Waals surface area (Å²) in [5.74, 6) is 1.21. The molecule has 1 saturated heterocycles. The SMILES string of the molecule is C=C(C)CC(C/C=C\CC1CCOC(=C)O1)CCC. The highest BCUT2D eigenvalue weighted by Crippen LogP contribution is 2.21. The Bertz CT molecular complexity index is 317. The summed E-state index contributed by atoms with van der Waals surface area (Å²) in [6, 6.07) is 0. The maximum absolute atomic E-state index is 5.52. The molecule has 1 aliphatic heterocycles. The van der Waals surface area contributed by atoms with Crippen molar-refractivity contribution < 1.29 is 9.47 Å². The van der Waals surface area contributed by atoms with Crippen molar-refractivity contribution in [2.75, 3.05) is 6.61 Å². The lowest BCUT2D eigenvalue weighted by Gasteiger charge is -2.24. The molecule has 2 atom stereocenters. The van der Waals surface area contributed by atoms with Crippen molar-refractivity contribution in [2.24, 2.45) is 5.92 Å². The van der Waals surface area contributed by atoms with E-state index in [2.05, 4.69) is 39.2 Å². The molecule has 2 nitrogen and oxygen atoms in total. The topological polar surface area (TPSA) is 18.5 Å². The van der Waals surface area contributed by atoms with Crippen LogP contribution >= 0.6 is 0 Å². The number of hydrogen-bond donors (Lipinski definition) is 0. The number of allylic oxidation sites excluding steroid dienone is 2. The predicted octanol–water partition coefficient (Wildman–Crippen LogP) is 4.98. The zero-order chi connectivity index (χ0) is 14.1. The van der Waals surface area contributed by atoms with E-state index in [1.165, 1.54) is 18.4 Å². The van der Waals surface area contributed by atoms with Crippen LogP contribution in [0.4, 0.5) is 0 Å². The van der Waals surface area contributed by atoms with E-state index in [0.29, 0.717) is 5.95 Å². The van der Waals surface area contributed by atoms with Crippen molar-refractivity contribution in [2.45, 2.75) is 58.5 Å². The molecule has 0 aromatic carbocycles. The first-order valence-corrected chi connectivity index (χ1v) is 7.39. The molecule has 1 aliphatic rings. The smallest absolute Gasteiger partial charge is 0.271 e. The molecule has 0 amide bonds. The molecule has 1 heterocycles. The van der Waals surface area contributed by atoms with Gasteiger partial charge in [-0.3, -0.25) is 0 Å². The largest absolute Gasteiger partial charge is 0.466 e. The molecule has 0 N–H and O–H groups in total. The average Bonchev–Trinajstić information content (AvgIpc) is 2.34. The molecule has 1 fully saturated rings. The van der Waals surface area contributed by atoms with Gasteiger partial charge in [0.1, 0.15) is 6.10 Å². The minimum absolute atomic E-state index is 0.239. The molecule has 2 unspecified atom stereocenters. The third-order valence-corrected chi connectivity index (χ3v) is 3.37. The van der Waals surface area contributed by atoms with Gasteiger partial charge < -0.3 is 9.47 Å². The maximum atomic E-state index is 5.52. The Kier molecular flexibility index (Phi) is 7.39. The molecule has 0 spiro atoms. The standard InChI is InChI=1S/C17H28O2/c1-5-8-16(13-14(2)3)9-6-7-10-17-11-12-18-15(4)19-17/h6-7,16-17H,2,4-5,8-13H2,1,3H3/b7-6-. The Morgan fingerprint density at radius 3 is 2.89 bits per heavy atom. The summed E-state index contributed by atoms with van der Waals surface area (Å²) in [6.07, 6.45) is 11.5. The van der Waals surface area contributed by atoms with E-state index >= 15 is 0 Å². The third kappa shape index (κ3) is 7.09. The number of hydrogen-bond acceptors (Lipinski definition) is 2. The normalized spacial score (nSPS) is 20.9. The van der Waals surface area contributed by atoms with E-state index in [4.69, 9.17) is 9.47 Å². The van der Waals surface area contributed by atoms with E-state index in [1.54, 1.807) is 0 Å².